The molecule has 3 N–H and O–H groups in total. The first kappa shape index (κ1) is 12.6. The normalized spacial score (nSPS) is 13.2. The summed E-state index contributed by atoms with van der Waals surface area (Å²) in [5.74, 6) is -0.347. The first-order chi connectivity index (χ1) is 7.30. The monoisotopic (exact) mass is 220 g/mol. The number of nitrogens with two attached hydrogens (primary N) is 1. The lowest BCUT2D eigenvalue weighted by molar-refractivity contribution is -0.118. The summed E-state index contributed by atoms with van der Waals surface area (Å²) in [5.41, 5.74) is 7.51. The molecule has 0 aliphatic heterocycles. The highest BCUT2D eigenvalue weighted by molar-refractivity contribution is 5.82. The van der Waals surface area contributed by atoms with Crippen LogP contribution in [0.3, 0.4) is 0 Å². The third kappa shape index (κ3) is 3.26. The Kier molecular flexibility index (Phi) is 3.58. The molecule has 0 bridgehead atoms. The standard InChI is InChI=1S/C13H20N2O/c1-9(12(14)16)15-11-7-5-10(6-8-11)13(2,3)4/h5-9,15H,1-4H3,(H2,14,16). The van der Waals surface area contributed by atoms with Gasteiger partial charge in [0.2, 0.25) is 5.91 Å². The molecule has 0 aliphatic rings. The van der Waals surface area contributed by atoms with Crippen molar-refractivity contribution in [2.24, 2.45) is 5.73 Å². The van der Waals surface area contributed by atoms with E-state index in [4.69, 9.17) is 5.73 Å². The van der Waals surface area contributed by atoms with Crippen LogP contribution in [0.5, 0.6) is 0 Å². The molecule has 3 heteroatoms. The number of benzene rings is 1. The molecular formula is C13H20N2O. The lowest BCUT2D eigenvalue weighted by atomic mass is 9.87. The number of amides is 1. The van der Waals surface area contributed by atoms with Gasteiger partial charge < -0.3 is 11.1 Å². The zero-order valence-electron chi connectivity index (χ0n) is 10.4. The Hall–Kier alpha value is -1.51. The molecule has 1 rings (SSSR count). The second-order valence-electron chi connectivity index (χ2n) is 5.10. The van der Waals surface area contributed by atoms with E-state index in [1.807, 2.05) is 12.1 Å². The topological polar surface area (TPSA) is 55.1 Å². The average molecular weight is 220 g/mol. The number of hydrogen-bond acceptors (Lipinski definition) is 2. The van der Waals surface area contributed by atoms with E-state index in [9.17, 15) is 4.79 Å². The second-order valence-corrected chi connectivity index (χ2v) is 5.10. The van der Waals surface area contributed by atoms with Gasteiger partial charge in [0.25, 0.3) is 0 Å². The largest absolute Gasteiger partial charge is 0.374 e. The molecular weight excluding hydrogens is 200 g/mol. The number of nitrogens with one attached hydrogen (secondary N) is 1. The lowest BCUT2D eigenvalue weighted by Gasteiger charge is -2.20. The summed E-state index contributed by atoms with van der Waals surface area (Å²) in [6.45, 7) is 8.25. The molecule has 0 aromatic heterocycles. The quantitative estimate of drug-likeness (QED) is 0.821. The molecule has 16 heavy (non-hydrogen) atoms. The van der Waals surface area contributed by atoms with E-state index in [0.717, 1.165) is 5.69 Å². The summed E-state index contributed by atoms with van der Waals surface area (Å²) in [6, 6.07) is 7.73. The fourth-order valence-electron chi connectivity index (χ4n) is 1.39. The van der Waals surface area contributed by atoms with Crippen LogP contribution in [0.15, 0.2) is 24.3 Å². The highest BCUT2D eigenvalue weighted by atomic mass is 16.1. The van der Waals surface area contributed by atoms with Crippen LogP contribution in [0.1, 0.15) is 33.3 Å². The van der Waals surface area contributed by atoms with E-state index in [2.05, 4.69) is 38.2 Å². The van der Waals surface area contributed by atoms with Crippen LogP contribution >= 0.6 is 0 Å². The third-order valence-electron chi connectivity index (χ3n) is 2.56. The molecule has 1 atom stereocenters. The van der Waals surface area contributed by atoms with Crippen molar-refractivity contribution in [3.05, 3.63) is 29.8 Å². The van der Waals surface area contributed by atoms with Gasteiger partial charge in [0, 0.05) is 5.69 Å². The predicted molar refractivity (Wildman–Crippen MR) is 67.4 cm³/mol. The van der Waals surface area contributed by atoms with Crippen LogP contribution in [0.4, 0.5) is 5.69 Å². The SMILES string of the molecule is CC(Nc1ccc(C(C)(C)C)cc1)C(N)=O. The fourth-order valence-corrected chi connectivity index (χ4v) is 1.39. The van der Waals surface area contributed by atoms with E-state index in [1.54, 1.807) is 6.92 Å². The first-order valence-electron chi connectivity index (χ1n) is 5.47. The van der Waals surface area contributed by atoms with Crippen LogP contribution in [0.2, 0.25) is 0 Å². The van der Waals surface area contributed by atoms with Crippen LogP contribution < -0.4 is 11.1 Å². The van der Waals surface area contributed by atoms with Gasteiger partial charge in [-0.25, -0.2) is 0 Å². The molecule has 1 amide bonds. The summed E-state index contributed by atoms with van der Waals surface area (Å²) in [5, 5.41) is 3.05. The molecule has 0 radical (unpaired) electrons. The summed E-state index contributed by atoms with van der Waals surface area (Å²) < 4.78 is 0. The van der Waals surface area contributed by atoms with Gasteiger partial charge >= 0.3 is 0 Å². The van der Waals surface area contributed by atoms with Crippen molar-refractivity contribution in [2.45, 2.75) is 39.2 Å². The Balaban J connectivity index is 2.76. The summed E-state index contributed by atoms with van der Waals surface area (Å²) in [6.07, 6.45) is 0. The molecule has 1 unspecified atom stereocenters. The smallest absolute Gasteiger partial charge is 0.239 e. The Morgan fingerprint density at radius 3 is 2.12 bits per heavy atom. The number of primary amides is 1. The van der Waals surface area contributed by atoms with Crippen molar-refractivity contribution in [1.82, 2.24) is 0 Å². The van der Waals surface area contributed by atoms with E-state index in [1.165, 1.54) is 5.56 Å². The second kappa shape index (κ2) is 4.56. The maximum absolute atomic E-state index is 10.9. The minimum Gasteiger partial charge on any atom is -0.374 e. The Morgan fingerprint density at radius 1 is 1.25 bits per heavy atom. The molecule has 3 nitrogen and oxygen atoms in total. The van der Waals surface area contributed by atoms with Crippen molar-refractivity contribution in [3.8, 4) is 0 Å². The van der Waals surface area contributed by atoms with E-state index < -0.39 is 0 Å². The van der Waals surface area contributed by atoms with Crippen molar-refractivity contribution in [3.63, 3.8) is 0 Å². The molecule has 1 aromatic rings. The van der Waals surface area contributed by atoms with E-state index >= 15 is 0 Å². The van der Waals surface area contributed by atoms with Gasteiger partial charge in [0.05, 0.1) is 0 Å². The number of anilines is 1. The third-order valence-corrected chi connectivity index (χ3v) is 2.56. The zero-order valence-corrected chi connectivity index (χ0v) is 10.4. The summed E-state index contributed by atoms with van der Waals surface area (Å²) in [4.78, 5) is 10.9. The van der Waals surface area contributed by atoms with Gasteiger partial charge in [-0.05, 0) is 30.0 Å². The van der Waals surface area contributed by atoms with Crippen molar-refractivity contribution >= 4 is 11.6 Å². The lowest BCUT2D eigenvalue weighted by Crippen LogP contribution is -2.32. The van der Waals surface area contributed by atoms with Crippen molar-refractivity contribution in [1.29, 1.82) is 0 Å². The van der Waals surface area contributed by atoms with Crippen LogP contribution in [-0.2, 0) is 10.2 Å². The Labute approximate surface area is 97.0 Å². The van der Waals surface area contributed by atoms with Gasteiger partial charge in [0.1, 0.15) is 6.04 Å². The maximum Gasteiger partial charge on any atom is 0.239 e. The number of carbonyl (C=O) groups excluding carboxylic acids is 1. The average Bonchev–Trinajstić information content (AvgIpc) is 2.17. The van der Waals surface area contributed by atoms with Gasteiger partial charge in [-0.2, -0.15) is 0 Å². The maximum atomic E-state index is 10.9. The molecule has 0 aliphatic carbocycles. The van der Waals surface area contributed by atoms with Gasteiger partial charge in [-0.1, -0.05) is 32.9 Å². The minimum absolute atomic E-state index is 0.147. The highest BCUT2D eigenvalue weighted by Crippen LogP contribution is 2.23. The summed E-state index contributed by atoms with van der Waals surface area (Å²) >= 11 is 0. The highest BCUT2D eigenvalue weighted by Gasteiger charge is 2.13. The predicted octanol–water partition coefficient (Wildman–Crippen LogP) is 2.27. The molecule has 0 fully saturated rings. The molecule has 0 heterocycles. The van der Waals surface area contributed by atoms with Gasteiger partial charge in [0.15, 0.2) is 0 Å². The van der Waals surface area contributed by atoms with Crippen LogP contribution in [-0.4, -0.2) is 11.9 Å². The van der Waals surface area contributed by atoms with Crippen molar-refractivity contribution < 1.29 is 4.79 Å². The van der Waals surface area contributed by atoms with Crippen molar-refractivity contribution in [2.75, 3.05) is 5.32 Å². The number of rotatable bonds is 3. The fraction of sp³-hybridized carbons (Fsp3) is 0.462. The molecule has 0 spiro atoms. The summed E-state index contributed by atoms with van der Waals surface area (Å²) in [7, 11) is 0. The zero-order chi connectivity index (χ0) is 12.3. The molecule has 88 valence electrons. The first-order valence-corrected chi connectivity index (χ1v) is 5.47. The van der Waals surface area contributed by atoms with E-state index in [0.29, 0.717) is 0 Å². The molecule has 0 saturated heterocycles. The molecule has 1 aromatic carbocycles. The van der Waals surface area contributed by atoms with E-state index in [-0.39, 0.29) is 17.4 Å². The van der Waals surface area contributed by atoms with Gasteiger partial charge in [-0.3, -0.25) is 4.79 Å². The van der Waals surface area contributed by atoms with Crippen LogP contribution in [0.25, 0.3) is 0 Å². The molecule has 0 saturated carbocycles. The number of carbonyl (C=O) groups is 1. The number of hydrogen-bond donors (Lipinski definition) is 2. The minimum atomic E-state index is -0.347. The van der Waals surface area contributed by atoms with Gasteiger partial charge in [-0.15, -0.1) is 0 Å². The van der Waals surface area contributed by atoms with Crippen LogP contribution in [0, 0.1) is 0 Å². The Bertz CT molecular complexity index is 363. The Morgan fingerprint density at radius 2 is 1.75 bits per heavy atom.